The highest BCUT2D eigenvalue weighted by Gasteiger charge is 2.01. The van der Waals surface area contributed by atoms with Gasteiger partial charge in [-0.1, -0.05) is 12.2 Å². The van der Waals surface area contributed by atoms with Crippen molar-refractivity contribution < 1.29 is 0 Å². The Balaban J connectivity index is 0. The Morgan fingerprint density at radius 3 is 2.00 bits per heavy atom. The van der Waals surface area contributed by atoms with Crippen molar-refractivity contribution in [3.63, 3.8) is 0 Å². The summed E-state index contributed by atoms with van der Waals surface area (Å²) in [7, 11) is 4.08. The Morgan fingerprint density at radius 2 is 1.90 bits per heavy atom. The molecule has 0 aliphatic heterocycles. The van der Waals surface area contributed by atoms with E-state index in [1.54, 1.807) is 0 Å². The molecule has 60 valence electrons. The maximum Gasteiger partial charge on any atom is 0.0303 e. The molecule has 2 heteroatoms. The summed E-state index contributed by atoms with van der Waals surface area (Å²) in [6, 6.07) is 0.447. The van der Waals surface area contributed by atoms with Gasteiger partial charge in [-0.05, 0) is 20.5 Å². The van der Waals surface area contributed by atoms with Crippen molar-refractivity contribution in [3.8, 4) is 0 Å². The van der Waals surface area contributed by atoms with E-state index in [4.69, 9.17) is 0 Å². The van der Waals surface area contributed by atoms with Gasteiger partial charge in [-0.15, -0.1) is 25.6 Å². The molecule has 0 spiro atoms. The van der Waals surface area contributed by atoms with E-state index in [0.29, 0.717) is 6.04 Å². The van der Waals surface area contributed by atoms with Crippen LogP contribution in [0.3, 0.4) is 0 Å². The van der Waals surface area contributed by atoms with Gasteiger partial charge in [-0.25, -0.2) is 0 Å². The minimum Gasteiger partial charge on any atom is -0.303 e. The van der Waals surface area contributed by atoms with Gasteiger partial charge in [-0.2, -0.15) is 0 Å². The van der Waals surface area contributed by atoms with Crippen molar-refractivity contribution in [2.45, 2.75) is 12.5 Å². The molecular formula is C8H16ClN. The normalized spacial score (nSPS) is 11.9. The summed E-state index contributed by atoms with van der Waals surface area (Å²) in [6.07, 6.45) is 4.82. The summed E-state index contributed by atoms with van der Waals surface area (Å²) in [4.78, 5) is 2.12. The Morgan fingerprint density at radius 1 is 1.40 bits per heavy atom. The van der Waals surface area contributed by atoms with Crippen LogP contribution in [0.5, 0.6) is 0 Å². The van der Waals surface area contributed by atoms with Crippen LogP contribution < -0.4 is 0 Å². The third-order valence-corrected chi connectivity index (χ3v) is 1.34. The summed E-state index contributed by atoms with van der Waals surface area (Å²) in [6.45, 7) is 7.37. The second kappa shape index (κ2) is 6.84. The van der Waals surface area contributed by atoms with Crippen LogP contribution in [-0.4, -0.2) is 25.0 Å². The van der Waals surface area contributed by atoms with E-state index in [1.807, 2.05) is 26.2 Å². The van der Waals surface area contributed by atoms with Crippen molar-refractivity contribution in [3.05, 3.63) is 25.3 Å². The van der Waals surface area contributed by atoms with Gasteiger partial charge >= 0.3 is 0 Å². The number of hydrogen-bond donors (Lipinski definition) is 0. The fraction of sp³-hybridized carbons (Fsp3) is 0.500. The Labute approximate surface area is 69.8 Å². The first-order chi connectivity index (χ1) is 4.22. The molecule has 0 bridgehead atoms. The van der Waals surface area contributed by atoms with Gasteiger partial charge in [0.15, 0.2) is 0 Å². The summed E-state index contributed by atoms with van der Waals surface area (Å²) >= 11 is 0. The first kappa shape index (κ1) is 12.4. The van der Waals surface area contributed by atoms with Crippen LogP contribution in [0, 0.1) is 0 Å². The van der Waals surface area contributed by atoms with Crippen molar-refractivity contribution in [1.82, 2.24) is 4.90 Å². The smallest absolute Gasteiger partial charge is 0.0303 e. The molecule has 0 aliphatic carbocycles. The van der Waals surface area contributed by atoms with Crippen LogP contribution in [0.2, 0.25) is 0 Å². The summed E-state index contributed by atoms with van der Waals surface area (Å²) < 4.78 is 0. The van der Waals surface area contributed by atoms with Gasteiger partial charge in [0.1, 0.15) is 0 Å². The van der Waals surface area contributed by atoms with Gasteiger partial charge in [0.2, 0.25) is 0 Å². The SMILES string of the molecule is C=CCC(C=C)N(C)C.Cl. The Kier molecular flexibility index (Phi) is 8.49. The van der Waals surface area contributed by atoms with E-state index >= 15 is 0 Å². The second-order valence-electron chi connectivity index (χ2n) is 2.29. The first-order valence-electron chi connectivity index (χ1n) is 3.12. The fourth-order valence-electron chi connectivity index (χ4n) is 0.689. The summed E-state index contributed by atoms with van der Waals surface area (Å²) in [5, 5.41) is 0. The van der Waals surface area contributed by atoms with Crippen LogP contribution >= 0.6 is 12.4 Å². The third-order valence-electron chi connectivity index (χ3n) is 1.34. The monoisotopic (exact) mass is 161 g/mol. The fourth-order valence-corrected chi connectivity index (χ4v) is 0.689. The maximum atomic E-state index is 3.71. The van der Waals surface area contributed by atoms with Crippen LogP contribution in [0.15, 0.2) is 25.3 Å². The molecule has 0 saturated carbocycles. The zero-order valence-corrected chi connectivity index (χ0v) is 7.53. The standard InChI is InChI=1S/C8H15N.ClH/c1-5-7-8(6-2)9(3)4;/h5-6,8H,1-2,7H2,3-4H3;1H. The van der Waals surface area contributed by atoms with E-state index in [2.05, 4.69) is 18.1 Å². The quantitative estimate of drug-likeness (QED) is 0.571. The molecule has 0 radical (unpaired) electrons. The Bertz CT molecular complexity index is 99.4. The maximum absolute atomic E-state index is 3.71. The summed E-state index contributed by atoms with van der Waals surface area (Å²) in [5.41, 5.74) is 0. The van der Waals surface area contributed by atoms with Crippen LogP contribution in [0.1, 0.15) is 6.42 Å². The molecular weight excluding hydrogens is 146 g/mol. The number of hydrogen-bond acceptors (Lipinski definition) is 1. The molecule has 0 N–H and O–H groups in total. The lowest BCUT2D eigenvalue weighted by Crippen LogP contribution is -2.24. The molecule has 0 heterocycles. The first-order valence-corrected chi connectivity index (χ1v) is 3.12. The van der Waals surface area contributed by atoms with Gasteiger partial charge in [0.05, 0.1) is 0 Å². The average Bonchev–Trinajstić information content (AvgIpc) is 1.82. The molecule has 1 nitrogen and oxygen atoms in total. The van der Waals surface area contributed by atoms with Crippen LogP contribution in [-0.2, 0) is 0 Å². The highest BCUT2D eigenvalue weighted by Crippen LogP contribution is 1.99. The number of nitrogens with zero attached hydrogens (tertiary/aromatic N) is 1. The number of likely N-dealkylation sites (N-methyl/N-ethyl adjacent to an activating group) is 1. The van der Waals surface area contributed by atoms with Crippen LogP contribution in [0.25, 0.3) is 0 Å². The van der Waals surface area contributed by atoms with Crippen molar-refractivity contribution in [2.75, 3.05) is 14.1 Å². The molecule has 0 aromatic carbocycles. The topological polar surface area (TPSA) is 3.24 Å². The highest BCUT2D eigenvalue weighted by molar-refractivity contribution is 5.85. The predicted molar refractivity (Wildman–Crippen MR) is 49.7 cm³/mol. The molecule has 10 heavy (non-hydrogen) atoms. The van der Waals surface area contributed by atoms with Gasteiger partial charge < -0.3 is 4.90 Å². The molecule has 0 aromatic heterocycles. The second-order valence-corrected chi connectivity index (χ2v) is 2.29. The van der Waals surface area contributed by atoms with E-state index in [1.165, 1.54) is 0 Å². The number of rotatable bonds is 4. The molecule has 0 rings (SSSR count). The van der Waals surface area contributed by atoms with E-state index in [0.717, 1.165) is 6.42 Å². The van der Waals surface area contributed by atoms with E-state index in [9.17, 15) is 0 Å². The van der Waals surface area contributed by atoms with Gasteiger partial charge in [-0.3, -0.25) is 0 Å². The zero-order chi connectivity index (χ0) is 7.28. The molecule has 0 aromatic rings. The average molecular weight is 162 g/mol. The Hall–Kier alpha value is -0.270. The molecule has 1 unspecified atom stereocenters. The van der Waals surface area contributed by atoms with Crippen molar-refractivity contribution >= 4 is 12.4 Å². The molecule has 0 aliphatic rings. The minimum absolute atomic E-state index is 0. The minimum atomic E-state index is 0. The van der Waals surface area contributed by atoms with Crippen molar-refractivity contribution in [1.29, 1.82) is 0 Å². The van der Waals surface area contributed by atoms with Crippen LogP contribution in [0.4, 0.5) is 0 Å². The number of halogens is 1. The zero-order valence-electron chi connectivity index (χ0n) is 6.71. The molecule has 0 fully saturated rings. The van der Waals surface area contributed by atoms with E-state index < -0.39 is 0 Å². The van der Waals surface area contributed by atoms with E-state index in [-0.39, 0.29) is 12.4 Å². The predicted octanol–water partition coefficient (Wildman–Crippen LogP) is 2.10. The highest BCUT2D eigenvalue weighted by atomic mass is 35.5. The lowest BCUT2D eigenvalue weighted by atomic mass is 10.2. The lowest BCUT2D eigenvalue weighted by Gasteiger charge is -2.18. The third kappa shape index (κ3) is 4.59. The van der Waals surface area contributed by atoms with Crippen molar-refractivity contribution in [2.24, 2.45) is 0 Å². The lowest BCUT2D eigenvalue weighted by molar-refractivity contribution is 0.346. The molecule has 1 atom stereocenters. The molecule has 0 saturated heterocycles. The van der Waals surface area contributed by atoms with Gasteiger partial charge in [0.25, 0.3) is 0 Å². The molecule has 0 amide bonds. The summed E-state index contributed by atoms with van der Waals surface area (Å²) in [5.74, 6) is 0. The van der Waals surface area contributed by atoms with Gasteiger partial charge in [0, 0.05) is 6.04 Å². The largest absolute Gasteiger partial charge is 0.303 e.